The predicted molar refractivity (Wildman–Crippen MR) is 83.3 cm³/mol. The summed E-state index contributed by atoms with van der Waals surface area (Å²) < 4.78 is 7.23. The third-order valence-corrected chi connectivity index (χ3v) is 3.79. The number of aromatic nitrogens is 2. The van der Waals surface area contributed by atoms with Gasteiger partial charge < -0.3 is 15.4 Å². The summed E-state index contributed by atoms with van der Waals surface area (Å²) in [5.74, 6) is 0.610. The smallest absolute Gasteiger partial charge is 0.191 e. The molecule has 0 radical (unpaired) electrons. The van der Waals surface area contributed by atoms with Crippen LogP contribution in [-0.2, 0) is 18.2 Å². The standard InChI is InChI=1S/C15H21N5O/c1-19-14-5-3-2-4-12(14)13(18-19)6-7-17-15(16)20-8-10-21-11-9-20/h2-5H,6-11H2,1H3,(H2,16,17). The van der Waals surface area contributed by atoms with Crippen LogP contribution in [0.4, 0.5) is 0 Å². The van der Waals surface area contributed by atoms with Crippen LogP contribution in [0.15, 0.2) is 29.3 Å². The van der Waals surface area contributed by atoms with Crippen molar-refractivity contribution >= 4 is 16.9 Å². The van der Waals surface area contributed by atoms with Gasteiger partial charge in [0.1, 0.15) is 0 Å². The van der Waals surface area contributed by atoms with Crippen molar-refractivity contribution in [2.24, 2.45) is 17.8 Å². The van der Waals surface area contributed by atoms with Crippen LogP contribution in [0.3, 0.4) is 0 Å². The molecule has 21 heavy (non-hydrogen) atoms. The molecule has 1 aromatic carbocycles. The Labute approximate surface area is 124 Å². The fourth-order valence-electron chi connectivity index (χ4n) is 2.64. The first-order chi connectivity index (χ1) is 10.3. The summed E-state index contributed by atoms with van der Waals surface area (Å²) in [6, 6.07) is 8.26. The van der Waals surface area contributed by atoms with Crippen molar-refractivity contribution in [3.05, 3.63) is 30.0 Å². The lowest BCUT2D eigenvalue weighted by Crippen LogP contribution is -2.44. The average molecular weight is 287 g/mol. The summed E-state index contributed by atoms with van der Waals surface area (Å²) in [4.78, 5) is 6.54. The highest BCUT2D eigenvalue weighted by Gasteiger charge is 2.12. The Hall–Kier alpha value is -2.08. The molecular weight excluding hydrogens is 266 g/mol. The molecule has 1 aromatic heterocycles. The summed E-state index contributed by atoms with van der Waals surface area (Å²) in [6.07, 6.45) is 0.798. The summed E-state index contributed by atoms with van der Waals surface area (Å²) in [5, 5.41) is 5.77. The van der Waals surface area contributed by atoms with Crippen molar-refractivity contribution in [3.8, 4) is 0 Å². The van der Waals surface area contributed by atoms with Crippen LogP contribution in [0.5, 0.6) is 0 Å². The predicted octanol–water partition coefficient (Wildman–Crippen LogP) is 0.763. The van der Waals surface area contributed by atoms with E-state index >= 15 is 0 Å². The maximum atomic E-state index is 6.03. The Kier molecular flexibility index (Phi) is 4.06. The van der Waals surface area contributed by atoms with E-state index in [1.807, 2.05) is 23.9 Å². The molecule has 0 unspecified atom stereocenters. The van der Waals surface area contributed by atoms with E-state index in [0.29, 0.717) is 12.5 Å². The zero-order chi connectivity index (χ0) is 14.7. The molecule has 1 fully saturated rings. The summed E-state index contributed by atoms with van der Waals surface area (Å²) >= 11 is 0. The summed E-state index contributed by atoms with van der Waals surface area (Å²) in [6.45, 7) is 3.75. The second-order valence-electron chi connectivity index (χ2n) is 5.18. The van der Waals surface area contributed by atoms with E-state index in [9.17, 15) is 0 Å². The van der Waals surface area contributed by atoms with Crippen LogP contribution >= 0.6 is 0 Å². The van der Waals surface area contributed by atoms with Crippen molar-refractivity contribution in [1.29, 1.82) is 0 Å². The van der Waals surface area contributed by atoms with E-state index in [4.69, 9.17) is 10.5 Å². The number of aliphatic imine (C=N–C) groups is 1. The molecule has 1 aliphatic rings. The Balaban J connectivity index is 1.66. The molecule has 6 nitrogen and oxygen atoms in total. The minimum Gasteiger partial charge on any atom is -0.378 e. The zero-order valence-electron chi connectivity index (χ0n) is 12.3. The SMILES string of the molecule is Cn1nc(CCN=C(N)N2CCOCC2)c2ccccc21. The highest BCUT2D eigenvalue weighted by molar-refractivity contribution is 5.82. The lowest BCUT2D eigenvalue weighted by atomic mass is 10.2. The molecule has 6 heteroatoms. The minimum atomic E-state index is 0.610. The molecular formula is C15H21N5O. The molecule has 0 aliphatic carbocycles. The van der Waals surface area contributed by atoms with Gasteiger partial charge in [0, 0.05) is 38.5 Å². The van der Waals surface area contributed by atoms with Crippen LogP contribution in [-0.4, -0.2) is 53.5 Å². The van der Waals surface area contributed by atoms with Crippen LogP contribution in [0.2, 0.25) is 0 Å². The van der Waals surface area contributed by atoms with Gasteiger partial charge in [-0.05, 0) is 6.07 Å². The Bertz CT molecular complexity index is 643. The van der Waals surface area contributed by atoms with Gasteiger partial charge in [-0.25, -0.2) is 0 Å². The normalized spacial score (nSPS) is 16.6. The first kappa shape index (κ1) is 13.9. The van der Waals surface area contributed by atoms with Crippen molar-refractivity contribution < 1.29 is 4.74 Å². The number of aryl methyl sites for hydroxylation is 1. The number of ether oxygens (including phenoxy) is 1. The first-order valence-electron chi connectivity index (χ1n) is 7.29. The number of fused-ring (bicyclic) bond motifs is 1. The van der Waals surface area contributed by atoms with E-state index in [1.54, 1.807) is 0 Å². The number of hydrogen-bond acceptors (Lipinski definition) is 3. The van der Waals surface area contributed by atoms with Gasteiger partial charge in [-0.3, -0.25) is 9.67 Å². The Morgan fingerprint density at radius 1 is 1.33 bits per heavy atom. The number of para-hydroxylation sites is 1. The summed E-state index contributed by atoms with van der Waals surface area (Å²) in [5.41, 5.74) is 8.25. The van der Waals surface area contributed by atoms with Crippen LogP contribution < -0.4 is 5.73 Å². The number of nitrogens with zero attached hydrogens (tertiary/aromatic N) is 4. The molecule has 2 aromatic rings. The van der Waals surface area contributed by atoms with E-state index in [2.05, 4.69) is 27.1 Å². The van der Waals surface area contributed by atoms with Gasteiger partial charge in [-0.15, -0.1) is 0 Å². The topological polar surface area (TPSA) is 68.7 Å². The molecule has 2 N–H and O–H groups in total. The van der Waals surface area contributed by atoms with Crippen molar-refractivity contribution in [3.63, 3.8) is 0 Å². The second-order valence-corrected chi connectivity index (χ2v) is 5.18. The largest absolute Gasteiger partial charge is 0.378 e. The highest BCUT2D eigenvalue weighted by atomic mass is 16.5. The van der Waals surface area contributed by atoms with Crippen LogP contribution in [0.1, 0.15) is 5.69 Å². The molecule has 0 atom stereocenters. The van der Waals surface area contributed by atoms with E-state index in [1.165, 1.54) is 5.39 Å². The molecule has 0 saturated carbocycles. The lowest BCUT2D eigenvalue weighted by Gasteiger charge is -2.27. The molecule has 112 valence electrons. The number of morpholine rings is 1. The van der Waals surface area contributed by atoms with E-state index < -0.39 is 0 Å². The van der Waals surface area contributed by atoms with Crippen molar-refractivity contribution in [1.82, 2.24) is 14.7 Å². The fourth-order valence-corrected chi connectivity index (χ4v) is 2.64. The molecule has 0 bridgehead atoms. The van der Waals surface area contributed by atoms with Gasteiger partial charge >= 0.3 is 0 Å². The first-order valence-corrected chi connectivity index (χ1v) is 7.29. The van der Waals surface area contributed by atoms with E-state index in [-0.39, 0.29) is 0 Å². The number of rotatable bonds is 3. The maximum Gasteiger partial charge on any atom is 0.191 e. The fraction of sp³-hybridized carbons (Fsp3) is 0.467. The quantitative estimate of drug-likeness (QED) is 0.668. The van der Waals surface area contributed by atoms with Gasteiger partial charge in [-0.2, -0.15) is 5.10 Å². The van der Waals surface area contributed by atoms with Crippen molar-refractivity contribution in [2.45, 2.75) is 6.42 Å². The number of nitrogens with two attached hydrogens (primary N) is 1. The monoisotopic (exact) mass is 287 g/mol. The number of benzene rings is 1. The number of hydrogen-bond donors (Lipinski definition) is 1. The van der Waals surface area contributed by atoms with Gasteiger partial charge in [-0.1, -0.05) is 18.2 Å². The third-order valence-electron chi connectivity index (χ3n) is 3.79. The van der Waals surface area contributed by atoms with Gasteiger partial charge in [0.25, 0.3) is 0 Å². The Morgan fingerprint density at radius 3 is 2.90 bits per heavy atom. The maximum absolute atomic E-state index is 6.03. The van der Waals surface area contributed by atoms with Gasteiger partial charge in [0.15, 0.2) is 5.96 Å². The molecule has 2 heterocycles. The second kappa shape index (κ2) is 6.13. The molecule has 3 rings (SSSR count). The van der Waals surface area contributed by atoms with Gasteiger partial charge in [0.2, 0.25) is 0 Å². The Morgan fingerprint density at radius 2 is 2.10 bits per heavy atom. The van der Waals surface area contributed by atoms with Gasteiger partial charge in [0.05, 0.1) is 24.4 Å². The third kappa shape index (κ3) is 3.00. The average Bonchev–Trinajstić information content (AvgIpc) is 2.85. The molecule has 0 amide bonds. The molecule has 0 spiro atoms. The van der Waals surface area contributed by atoms with Crippen LogP contribution in [0, 0.1) is 0 Å². The van der Waals surface area contributed by atoms with E-state index in [0.717, 1.165) is 43.9 Å². The zero-order valence-corrected chi connectivity index (χ0v) is 12.3. The highest BCUT2D eigenvalue weighted by Crippen LogP contribution is 2.17. The minimum absolute atomic E-state index is 0.610. The lowest BCUT2D eigenvalue weighted by molar-refractivity contribution is 0.0674. The molecule has 1 aliphatic heterocycles. The number of guanidine groups is 1. The molecule has 1 saturated heterocycles. The summed E-state index contributed by atoms with van der Waals surface area (Å²) in [7, 11) is 1.97. The van der Waals surface area contributed by atoms with Crippen LogP contribution in [0.25, 0.3) is 10.9 Å². The van der Waals surface area contributed by atoms with Crippen molar-refractivity contribution in [2.75, 3.05) is 32.8 Å².